The van der Waals surface area contributed by atoms with Crippen molar-refractivity contribution in [1.29, 1.82) is 0 Å². The van der Waals surface area contributed by atoms with Crippen molar-refractivity contribution >= 4 is 11.6 Å². The number of nitrogens with one attached hydrogen (secondary N) is 1. The molecule has 0 aliphatic heterocycles. The standard InChI is InChI=1S/C12H21ClN4/c1-3-17-11(12(13)8(2)16-17)7-10(15-14)6-9-4-5-9/h9-10,15H,3-7,14H2,1-2H3. The fourth-order valence-corrected chi connectivity index (χ4v) is 2.48. The largest absolute Gasteiger partial charge is 0.271 e. The molecule has 1 atom stereocenters. The molecule has 2 rings (SSSR count). The molecule has 3 N–H and O–H groups in total. The molecule has 17 heavy (non-hydrogen) atoms. The molecule has 0 saturated heterocycles. The highest BCUT2D eigenvalue weighted by molar-refractivity contribution is 6.31. The topological polar surface area (TPSA) is 55.9 Å². The van der Waals surface area contributed by atoms with Crippen molar-refractivity contribution < 1.29 is 0 Å². The summed E-state index contributed by atoms with van der Waals surface area (Å²) in [7, 11) is 0. The van der Waals surface area contributed by atoms with Crippen LogP contribution in [0.2, 0.25) is 5.02 Å². The monoisotopic (exact) mass is 256 g/mol. The third-order valence-electron chi connectivity index (χ3n) is 3.44. The van der Waals surface area contributed by atoms with E-state index in [1.807, 2.05) is 11.6 Å². The Morgan fingerprint density at radius 3 is 2.82 bits per heavy atom. The van der Waals surface area contributed by atoms with Crippen LogP contribution in [0.3, 0.4) is 0 Å². The Labute approximate surface area is 107 Å². The van der Waals surface area contributed by atoms with Gasteiger partial charge in [-0.1, -0.05) is 24.4 Å². The summed E-state index contributed by atoms with van der Waals surface area (Å²) in [4.78, 5) is 0. The molecule has 0 aromatic carbocycles. The molecular weight excluding hydrogens is 236 g/mol. The van der Waals surface area contributed by atoms with Gasteiger partial charge in [0.25, 0.3) is 0 Å². The van der Waals surface area contributed by atoms with Crippen molar-refractivity contribution in [3.05, 3.63) is 16.4 Å². The van der Waals surface area contributed by atoms with Crippen LogP contribution < -0.4 is 11.3 Å². The van der Waals surface area contributed by atoms with Crippen LogP contribution in [0.4, 0.5) is 0 Å². The lowest BCUT2D eigenvalue weighted by Crippen LogP contribution is -2.37. The van der Waals surface area contributed by atoms with Gasteiger partial charge in [-0.2, -0.15) is 5.10 Å². The Balaban J connectivity index is 2.09. The number of rotatable bonds is 6. The van der Waals surface area contributed by atoms with Crippen LogP contribution in [0, 0.1) is 12.8 Å². The Hall–Kier alpha value is -0.580. The lowest BCUT2D eigenvalue weighted by molar-refractivity contribution is 0.450. The average molecular weight is 257 g/mol. The molecule has 1 unspecified atom stereocenters. The van der Waals surface area contributed by atoms with E-state index >= 15 is 0 Å². The molecule has 1 aliphatic carbocycles. The van der Waals surface area contributed by atoms with Crippen molar-refractivity contribution in [3.63, 3.8) is 0 Å². The second-order valence-corrected chi connectivity index (χ2v) is 5.29. The summed E-state index contributed by atoms with van der Waals surface area (Å²) >= 11 is 6.29. The predicted molar refractivity (Wildman–Crippen MR) is 69.8 cm³/mol. The van der Waals surface area contributed by atoms with Crippen LogP contribution in [-0.4, -0.2) is 15.8 Å². The minimum Gasteiger partial charge on any atom is -0.271 e. The summed E-state index contributed by atoms with van der Waals surface area (Å²) in [6.07, 6.45) is 4.69. The highest BCUT2D eigenvalue weighted by Crippen LogP contribution is 2.34. The first-order valence-corrected chi connectivity index (χ1v) is 6.71. The van der Waals surface area contributed by atoms with Crippen LogP contribution in [0.1, 0.15) is 37.6 Å². The van der Waals surface area contributed by atoms with E-state index in [-0.39, 0.29) is 0 Å². The van der Waals surface area contributed by atoms with Crippen LogP contribution in [0.15, 0.2) is 0 Å². The lowest BCUT2D eigenvalue weighted by atomic mass is 10.1. The molecule has 0 amide bonds. The summed E-state index contributed by atoms with van der Waals surface area (Å²) in [5.74, 6) is 6.48. The Kier molecular flexibility index (Phi) is 4.07. The fourth-order valence-electron chi connectivity index (χ4n) is 2.26. The fraction of sp³-hybridized carbons (Fsp3) is 0.750. The molecule has 0 bridgehead atoms. The average Bonchev–Trinajstić information content (AvgIpc) is 3.10. The smallest absolute Gasteiger partial charge is 0.0847 e. The molecule has 1 heterocycles. The molecule has 96 valence electrons. The first-order valence-electron chi connectivity index (χ1n) is 6.33. The van der Waals surface area contributed by atoms with Crippen molar-refractivity contribution in [1.82, 2.24) is 15.2 Å². The molecule has 1 aliphatic rings. The number of aryl methyl sites for hydroxylation is 2. The molecule has 1 saturated carbocycles. The first-order chi connectivity index (χ1) is 8.15. The SMILES string of the molecule is CCn1nc(C)c(Cl)c1CC(CC1CC1)NN. The number of nitrogens with two attached hydrogens (primary N) is 1. The van der Waals surface area contributed by atoms with Crippen molar-refractivity contribution in [2.45, 2.75) is 52.1 Å². The zero-order valence-corrected chi connectivity index (χ0v) is 11.3. The molecule has 1 aromatic heterocycles. The normalized spacial score (nSPS) is 17.4. The van der Waals surface area contributed by atoms with Gasteiger partial charge in [0.15, 0.2) is 0 Å². The van der Waals surface area contributed by atoms with Gasteiger partial charge in [0.2, 0.25) is 0 Å². The van der Waals surface area contributed by atoms with Crippen LogP contribution in [0.5, 0.6) is 0 Å². The second kappa shape index (κ2) is 5.38. The number of halogens is 1. The quantitative estimate of drug-likeness (QED) is 0.605. The number of nitrogens with zero attached hydrogens (tertiary/aromatic N) is 2. The van der Waals surface area contributed by atoms with Crippen LogP contribution in [-0.2, 0) is 13.0 Å². The third-order valence-corrected chi connectivity index (χ3v) is 3.93. The van der Waals surface area contributed by atoms with Crippen LogP contribution >= 0.6 is 11.6 Å². The van der Waals surface area contributed by atoms with Gasteiger partial charge in [0.05, 0.1) is 16.4 Å². The molecule has 1 fully saturated rings. The molecule has 0 radical (unpaired) electrons. The van der Waals surface area contributed by atoms with E-state index in [1.54, 1.807) is 0 Å². The van der Waals surface area contributed by atoms with Crippen molar-refractivity contribution in [2.75, 3.05) is 0 Å². The van der Waals surface area contributed by atoms with E-state index < -0.39 is 0 Å². The van der Waals surface area contributed by atoms with Gasteiger partial charge in [0, 0.05) is 19.0 Å². The van der Waals surface area contributed by atoms with Crippen molar-refractivity contribution in [2.24, 2.45) is 11.8 Å². The van der Waals surface area contributed by atoms with Gasteiger partial charge in [-0.3, -0.25) is 16.0 Å². The summed E-state index contributed by atoms with van der Waals surface area (Å²) in [6.45, 7) is 4.88. The Morgan fingerprint density at radius 2 is 2.29 bits per heavy atom. The van der Waals surface area contributed by atoms with Gasteiger partial charge < -0.3 is 0 Å². The minimum absolute atomic E-state index is 0.307. The van der Waals surface area contributed by atoms with Gasteiger partial charge in [-0.15, -0.1) is 0 Å². The Bertz CT molecular complexity index is 384. The maximum absolute atomic E-state index is 6.29. The van der Waals surface area contributed by atoms with E-state index in [0.29, 0.717) is 6.04 Å². The van der Waals surface area contributed by atoms with E-state index in [9.17, 15) is 0 Å². The van der Waals surface area contributed by atoms with E-state index in [0.717, 1.165) is 41.7 Å². The number of hydrogen-bond donors (Lipinski definition) is 2. The summed E-state index contributed by atoms with van der Waals surface area (Å²) in [5, 5.41) is 5.22. The van der Waals surface area contributed by atoms with Gasteiger partial charge >= 0.3 is 0 Å². The highest BCUT2D eigenvalue weighted by atomic mass is 35.5. The van der Waals surface area contributed by atoms with Gasteiger partial charge in [-0.05, 0) is 26.2 Å². The number of hydrogen-bond acceptors (Lipinski definition) is 3. The second-order valence-electron chi connectivity index (χ2n) is 4.91. The zero-order chi connectivity index (χ0) is 12.4. The van der Waals surface area contributed by atoms with E-state index in [4.69, 9.17) is 17.4 Å². The van der Waals surface area contributed by atoms with Gasteiger partial charge in [0.1, 0.15) is 0 Å². The maximum Gasteiger partial charge on any atom is 0.0847 e. The Morgan fingerprint density at radius 1 is 1.59 bits per heavy atom. The zero-order valence-electron chi connectivity index (χ0n) is 10.5. The van der Waals surface area contributed by atoms with E-state index in [2.05, 4.69) is 17.4 Å². The predicted octanol–water partition coefficient (Wildman–Crippen LogP) is 2.04. The highest BCUT2D eigenvalue weighted by Gasteiger charge is 2.26. The lowest BCUT2D eigenvalue weighted by Gasteiger charge is -2.16. The summed E-state index contributed by atoms with van der Waals surface area (Å²) < 4.78 is 1.98. The molecule has 1 aromatic rings. The van der Waals surface area contributed by atoms with Crippen molar-refractivity contribution in [3.8, 4) is 0 Å². The number of aromatic nitrogens is 2. The molecular formula is C12H21ClN4. The molecule has 4 nitrogen and oxygen atoms in total. The maximum atomic E-state index is 6.29. The van der Waals surface area contributed by atoms with Gasteiger partial charge in [-0.25, -0.2) is 0 Å². The molecule has 5 heteroatoms. The molecule has 0 spiro atoms. The summed E-state index contributed by atoms with van der Waals surface area (Å²) in [5.41, 5.74) is 4.92. The van der Waals surface area contributed by atoms with Crippen LogP contribution in [0.25, 0.3) is 0 Å². The van der Waals surface area contributed by atoms with E-state index in [1.165, 1.54) is 12.8 Å². The first kappa shape index (κ1) is 12.9. The third kappa shape index (κ3) is 3.00. The minimum atomic E-state index is 0.307. The number of hydrazine groups is 1. The summed E-state index contributed by atoms with van der Waals surface area (Å²) in [6, 6.07) is 0.307.